The maximum atomic E-state index is 12.4. The summed E-state index contributed by atoms with van der Waals surface area (Å²) in [6.07, 6.45) is 2.04. The van der Waals surface area contributed by atoms with Crippen LogP contribution in [0.25, 0.3) is 0 Å². The van der Waals surface area contributed by atoms with E-state index >= 15 is 0 Å². The molecule has 0 aliphatic heterocycles. The fourth-order valence-electron chi connectivity index (χ4n) is 2.07. The van der Waals surface area contributed by atoms with Gasteiger partial charge >= 0.3 is 0 Å². The van der Waals surface area contributed by atoms with Crippen molar-refractivity contribution in [2.45, 2.75) is 33.2 Å². The first-order valence-electron chi connectivity index (χ1n) is 6.59. The first-order chi connectivity index (χ1) is 9.50. The standard InChI is InChI=1S/C15H19N3O2/c1-10-13(12(3)20-17-10)9-15(19)18(4)11(2)14-7-5-6-8-16-14/h5-8,11H,9H2,1-4H3/t11-/m0/s1. The highest BCUT2D eigenvalue weighted by Gasteiger charge is 2.21. The molecule has 0 saturated heterocycles. The number of pyridine rings is 1. The number of aromatic nitrogens is 2. The maximum absolute atomic E-state index is 12.4. The first-order valence-corrected chi connectivity index (χ1v) is 6.59. The molecule has 0 radical (unpaired) electrons. The highest BCUT2D eigenvalue weighted by atomic mass is 16.5. The zero-order chi connectivity index (χ0) is 14.7. The van der Waals surface area contributed by atoms with E-state index in [4.69, 9.17) is 4.52 Å². The van der Waals surface area contributed by atoms with Gasteiger partial charge in [0.1, 0.15) is 5.76 Å². The van der Waals surface area contributed by atoms with Gasteiger partial charge in [0.15, 0.2) is 0 Å². The minimum Gasteiger partial charge on any atom is -0.361 e. The minimum absolute atomic E-state index is 0.0255. The summed E-state index contributed by atoms with van der Waals surface area (Å²) in [6.45, 7) is 5.64. The topological polar surface area (TPSA) is 59.2 Å². The molecule has 20 heavy (non-hydrogen) atoms. The summed E-state index contributed by atoms with van der Waals surface area (Å²) in [5, 5.41) is 3.87. The van der Waals surface area contributed by atoms with E-state index in [9.17, 15) is 4.79 Å². The van der Waals surface area contributed by atoms with Crippen LogP contribution >= 0.6 is 0 Å². The van der Waals surface area contributed by atoms with E-state index in [-0.39, 0.29) is 11.9 Å². The van der Waals surface area contributed by atoms with Gasteiger partial charge in [-0.3, -0.25) is 9.78 Å². The normalized spacial score (nSPS) is 12.2. The highest BCUT2D eigenvalue weighted by Crippen LogP contribution is 2.19. The van der Waals surface area contributed by atoms with Crippen LogP contribution in [0, 0.1) is 13.8 Å². The molecule has 106 valence electrons. The average molecular weight is 273 g/mol. The lowest BCUT2D eigenvalue weighted by Gasteiger charge is -2.24. The molecule has 0 spiro atoms. The van der Waals surface area contributed by atoms with E-state index in [0.29, 0.717) is 12.2 Å². The molecule has 2 rings (SSSR count). The number of nitrogens with zero attached hydrogens (tertiary/aromatic N) is 3. The second kappa shape index (κ2) is 5.86. The Bertz CT molecular complexity index is 573. The SMILES string of the molecule is Cc1noc(C)c1CC(=O)N(C)[C@@H](C)c1ccccn1. The molecule has 5 heteroatoms. The second-order valence-electron chi connectivity index (χ2n) is 4.91. The lowest BCUT2D eigenvalue weighted by atomic mass is 10.1. The largest absolute Gasteiger partial charge is 0.361 e. The number of rotatable bonds is 4. The molecule has 0 N–H and O–H groups in total. The molecule has 1 amide bonds. The van der Waals surface area contributed by atoms with Crippen molar-refractivity contribution < 1.29 is 9.32 Å². The Labute approximate surface area is 118 Å². The van der Waals surface area contributed by atoms with E-state index in [1.165, 1.54) is 0 Å². The Morgan fingerprint density at radius 1 is 1.40 bits per heavy atom. The van der Waals surface area contributed by atoms with Crippen LogP contribution in [0.5, 0.6) is 0 Å². The van der Waals surface area contributed by atoms with E-state index in [2.05, 4.69) is 10.1 Å². The van der Waals surface area contributed by atoms with E-state index in [1.807, 2.05) is 39.0 Å². The second-order valence-corrected chi connectivity index (χ2v) is 4.91. The van der Waals surface area contributed by atoms with Crippen molar-refractivity contribution in [3.05, 3.63) is 47.1 Å². The van der Waals surface area contributed by atoms with Crippen LogP contribution in [0.1, 0.15) is 35.7 Å². The summed E-state index contributed by atoms with van der Waals surface area (Å²) in [5.41, 5.74) is 2.52. The van der Waals surface area contributed by atoms with Crippen molar-refractivity contribution in [3.63, 3.8) is 0 Å². The Balaban J connectivity index is 2.09. The smallest absolute Gasteiger partial charge is 0.227 e. The van der Waals surface area contributed by atoms with Gasteiger partial charge in [0.25, 0.3) is 0 Å². The van der Waals surface area contributed by atoms with Crippen LogP contribution in [0.2, 0.25) is 0 Å². The third-order valence-electron chi connectivity index (χ3n) is 3.60. The lowest BCUT2D eigenvalue weighted by molar-refractivity contribution is -0.131. The quantitative estimate of drug-likeness (QED) is 0.858. The molecular weight excluding hydrogens is 254 g/mol. The van der Waals surface area contributed by atoms with Crippen molar-refractivity contribution in [3.8, 4) is 0 Å². The fourth-order valence-corrected chi connectivity index (χ4v) is 2.07. The third-order valence-corrected chi connectivity index (χ3v) is 3.60. The van der Waals surface area contributed by atoms with Crippen molar-refractivity contribution >= 4 is 5.91 Å². The number of carbonyl (C=O) groups is 1. The number of carbonyl (C=O) groups excluding carboxylic acids is 1. The number of likely N-dealkylation sites (N-methyl/N-ethyl adjacent to an activating group) is 1. The molecular formula is C15H19N3O2. The Kier molecular flexibility index (Phi) is 4.17. The van der Waals surface area contributed by atoms with Gasteiger partial charge in [0, 0.05) is 18.8 Å². The zero-order valence-corrected chi connectivity index (χ0v) is 12.3. The highest BCUT2D eigenvalue weighted by molar-refractivity contribution is 5.79. The Morgan fingerprint density at radius 3 is 2.70 bits per heavy atom. The molecule has 0 unspecified atom stereocenters. The van der Waals surface area contributed by atoms with Crippen LogP contribution in [-0.4, -0.2) is 28.0 Å². The molecule has 2 aromatic heterocycles. The van der Waals surface area contributed by atoms with Gasteiger partial charge in [0.2, 0.25) is 5.91 Å². The van der Waals surface area contributed by atoms with Crippen LogP contribution in [0.3, 0.4) is 0 Å². The van der Waals surface area contributed by atoms with Crippen molar-refractivity contribution in [2.75, 3.05) is 7.05 Å². The van der Waals surface area contributed by atoms with Crippen molar-refractivity contribution in [1.29, 1.82) is 0 Å². The predicted octanol–water partition coefficient (Wildman–Crippen LogP) is 2.45. The van der Waals surface area contributed by atoms with Gasteiger partial charge in [-0.15, -0.1) is 0 Å². The molecule has 0 aliphatic carbocycles. The van der Waals surface area contributed by atoms with Crippen LogP contribution in [0.4, 0.5) is 0 Å². The van der Waals surface area contributed by atoms with E-state index < -0.39 is 0 Å². The summed E-state index contributed by atoms with van der Waals surface area (Å²) in [5.74, 6) is 0.729. The summed E-state index contributed by atoms with van der Waals surface area (Å²) in [4.78, 5) is 18.4. The van der Waals surface area contributed by atoms with Gasteiger partial charge in [-0.2, -0.15) is 0 Å². The average Bonchev–Trinajstić information content (AvgIpc) is 2.78. The number of aryl methyl sites for hydroxylation is 2. The molecule has 0 bridgehead atoms. The Morgan fingerprint density at radius 2 is 2.15 bits per heavy atom. The molecule has 0 aliphatic rings. The molecule has 0 fully saturated rings. The predicted molar refractivity (Wildman–Crippen MR) is 75.1 cm³/mol. The van der Waals surface area contributed by atoms with Crippen LogP contribution in [0.15, 0.2) is 28.9 Å². The maximum Gasteiger partial charge on any atom is 0.227 e. The van der Waals surface area contributed by atoms with Gasteiger partial charge in [0.05, 0.1) is 23.9 Å². The number of hydrogen-bond donors (Lipinski definition) is 0. The minimum atomic E-state index is -0.0656. The Hall–Kier alpha value is -2.17. The van der Waals surface area contributed by atoms with Crippen molar-refractivity contribution in [1.82, 2.24) is 15.0 Å². The van der Waals surface area contributed by atoms with Crippen LogP contribution in [-0.2, 0) is 11.2 Å². The van der Waals surface area contributed by atoms with Gasteiger partial charge in [-0.1, -0.05) is 11.2 Å². The number of hydrogen-bond acceptors (Lipinski definition) is 4. The van der Waals surface area contributed by atoms with E-state index in [1.54, 1.807) is 18.1 Å². The molecule has 0 aromatic carbocycles. The van der Waals surface area contributed by atoms with Crippen LogP contribution < -0.4 is 0 Å². The summed E-state index contributed by atoms with van der Waals surface area (Å²) in [6, 6.07) is 5.64. The van der Waals surface area contributed by atoms with Crippen molar-refractivity contribution in [2.24, 2.45) is 0 Å². The third kappa shape index (κ3) is 2.87. The molecule has 0 saturated carbocycles. The molecule has 1 atom stereocenters. The molecule has 5 nitrogen and oxygen atoms in total. The van der Waals surface area contributed by atoms with E-state index in [0.717, 1.165) is 17.0 Å². The summed E-state index contributed by atoms with van der Waals surface area (Å²) < 4.78 is 5.09. The van der Waals surface area contributed by atoms with Gasteiger partial charge in [-0.25, -0.2) is 0 Å². The fraction of sp³-hybridized carbons (Fsp3) is 0.400. The van der Waals surface area contributed by atoms with Gasteiger partial charge in [-0.05, 0) is 32.9 Å². The van der Waals surface area contributed by atoms with Gasteiger partial charge < -0.3 is 9.42 Å². The monoisotopic (exact) mass is 273 g/mol. The number of amides is 1. The zero-order valence-electron chi connectivity index (χ0n) is 12.3. The summed E-state index contributed by atoms with van der Waals surface area (Å²) >= 11 is 0. The molecule has 2 heterocycles. The molecule has 2 aromatic rings. The first kappa shape index (κ1) is 14.2. The summed E-state index contributed by atoms with van der Waals surface area (Å²) in [7, 11) is 1.79. The lowest BCUT2D eigenvalue weighted by Crippen LogP contribution is -2.31.